The first-order chi connectivity index (χ1) is 18.4. The second-order valence-corrected chi connectivity index (χ2v) is 11.9. The lowest BCUT2D eigenvalue weighted by Gasteiger charge is -2.36. The van der Waals surface area contributed by atoms with Crippen LogP contribution in [0, 0.1) is 0 Å². The number of pyridine rings is 2. The molecule has 0 radical (unpaired) electrons. The van der Waals surface area contributed by atoms with Crippen LogP contribution in [0.2, 0.25) is 0 Å². The molecule has 2 aliphatic rings. The second kappa shape index (κ2) is 9.81. The zero-order valence-corrected chi connectivity index (χ0v) is 21.9. The van der Waals surface area contributed by atoms with E-state index in [1.54, 1.807) is 18.3 Å². The van der Waals surface area contributed by atoms with E-state index in [2.05, 4.69) is 46.4 Å². The van der Waals surface area contributed by atoms with Crippen molar-refractivity contribution in [3.8, 4) is 0 Å². The molecule has 0 saturated carbocycles. The zero-order valence-electron chi connectivity index (χ0n) is 21.1. The van der Waals surface area contributed by atoms with Crippen LogP contribution in [-0.2, 0) is 34.1 Å². The van der Waals surface area contributed by atoms with Crippen LogP contribution in [0.4, 0.5) is 11.5 Å². The van der Waals surface area contributed by atoms with Crippen molar-refractivity contribution < 1.29 is 17.9 Å². The summed E-state index contributed by atoms with van der Waals surface area (Å²) in [4.78, 5) is 24.8. The van der Waals surface area contributed by atoms with Crippen molar-refractivity contribution >= 4 is 38.2 Å². The fraction of sp³-hybridized carbons (Fsp3) is 0.276. The van der Waals surface area contributed by atoms with E-state index in [0.717, 1.165) is 29.6 Å². The van der Waals surface area contributed by atoms with Crippen LogP contribution in [-0.4, -0.2) is 42.7 Å². The Morgan fingerprint density at radius 3 is 2.87 bits per heavy atom. The van der Waals surface area contributed by atoms with Crippen LogP contribution in [0.15, 0.2) is 71.8 Å². The van der Waals surface area contributed by atoms with Gasteiger partial charge in [-0.3, -0.25) is 9.78 Å². The number of carbonyl (C=O) groups excluding carboxylic acids is 1. The van der Waals surface area contributed by atoms with Gasteiger partial charge < -0.3 is 15.0 Å². The maximum Gasteiger partial charge on any atom is 0.251 e. The highest BCUT2D eigenvalue weighted by Crippen LogP contribution is 2.36. The van der Waals surface area contributed by atoms with Crippen molar-refractivity contribution in [2.24, 2.45) is 0 Å². The minimum atomic E-state index is -3.49. The van der Waals surface area contributed by atoms with E-state index in [9.17, 15) is 13.2 Å². The normalized spacial score (nSPS) is 18.3. The standard InChI is InChI=1S/C29H28N4O4S/c1-19-6-7-20-4-2-3-5-26(20)33(19)28-11-10-22-16-30-24(15-25(22)32-28)17-31-29(34)21-8-9-23-18-37-12-13-38(35,36)27(23)14-21/h2-5,8-11,14-16,19H,6-7,12-13,17-18H2,1H3,(H,31,34). The van der Waals surface area contributed by atoms with Crippen LogP contribution in [0.5, 0.6) is 0 Å². The first-order valence-electron chi connectivity index (χ1n) is 12.7. The number of benzene rings is 2. The van der Waals surface area contributed by atoms with E-state index in [0.29, 0.717) is 17.3 Å². The van der Waals surface area contributed by atoms with E-state index >= 15 is 0 Å². The second-order valence-electron chi connectivity index (χ2n) is 9.80. The molecule has 1 unspecified atom stereocenters. The van der Waals surface area contributed by atoms with Gasteiger partial charge in [0.25, 0.3) is 5.91 Å². The molecule has 0 aliphatic carbocycles. The molecule has 1 amide bonds. The number of amides is 1. The monoisotopic (exact) mass is 528 g/mol. The van der Waals surface area contributed by atoms with E-state index in [-0.39, 0.29) is 41.9 Å². The number of rotatable bonds is 4. The lowest BCUT2D eigenvalue weighted by molar-refractivity contribution is 0.0950. The number of aryl methyl sites for hydroxylation is 1. The van der Waals surface area contributed by atoms with E-state index in [1.165, 1.54) is 17.3 Å². The van der Waals surface area contributed by atoms with Crippen LogP contribution in [0.3, 0.4) is 0 Å². The average Bonchev–Trinajstić information content (AvgIpc) is 3.08. The molecule has 9 heteroatoms. The third kappa shape index (κ3) is 4.63. The van der Waals surface area contributed by atoms with Gasteiger partial charge in [-0.1, -0.05) is 24.3 Å². The van der Waals surface area contributed by atoms with Crippen molar-refractivity contribution in [1.82, 2.24) is 15.3 Å². The van der Waals surface area contributed by atoms with E-state index in [1.807, 2.05) is 18.2 Å². The molecule has 2 aliphatic heterocycles. The third-order valence-corrected chi connectivity index (χ3v) is 8.99. The molecule has 6 rings (SSSR count). The summed E-state index contributed by atoms with van der Waals surface area (Å²) >= 11 is 0. The Morgan fingerprint density at radius 2 is 1.97 bits per heavy atom. The minimum absolute atomic E-state index is 0.0944. The molecule has 1 atom stereocenters. The molecule has 1 N–H and O–H groups in total. The summed E-state index contributed by atoms with van der Waals surface area (Å²) in [5, 5.41) is 3.78. The summed E-state index contributed by atoms with van der Waals surface area (Å²) in [6.07, 6.45) is 3.87. The van der Waals surface area contributed by atoms with Gasteiger partial charge in [0.15, 0.2) is 9.84 Å². The van der Waals surface area contributed by atoms with Gasteiger partial charge in [0.05, 0.1) is 41.6 Å². The lowest BCUT2D eigenvalue weighted by Crippen LogP contribution is -2.33. The summed E-state index contributed by atoms with van der Waals surface area (Å²) < 4.78 is 30.5. The number of carbonyl (C=O) groups is 1. The van der Waals surface area contributed by atoms with Gasteiger partial charge >= 0.3 is 0 Å². The molecule has 0 bridgehead atoms. The Labute approximate surface area is 221 Å². The van der Waals surface area contributed by atoms with Crippen LogP contribution in [0.1, 0.15) is 40.5 Å². The summed E-state index contributed by atoms with van der Waals surface area (Å²) in [5.41, 5.74) is 4.83. The number of para-hydroxylation sites is 1. The highest BCUT2D eigenvalue weighted by Gasteiger charge is 2.26. The highest BCUT2D eigenvalue weighted by molar-refractivity contribution is 7.91. The van der Waals surface area contributed by atoms with Gasteiger partial charge in [-0.2, -0.15) is 0 Å². The predicted molar refractivity (Wildman–Crippen MR) is 145 cm³/mol. The van der Waals surface area contributed by atoms with Crippen molar-refractivity contribution in [2.75, 3.05) is 17.3 Å². The van der Waals surface area contributed by atoms with Crippen molar-refractivity contribution in [1.29, 1.82) is 0 Å². The van der Waals surface area contributed by atoms with Crippen LogP contribution < -0.4 is 10.2 Å². The number of sulfone groups is 1. The lowest BCUT2D eigenvalue weighted by atomic mass is 9.96. The van der Waals surface area contributed by atoms with Gasteiger partial charge in [-0.25, -0.2) is 13.4 Å². The number of hydrogen-bond donors (Lipinski definition) is 1. The Hall–Kier alpha value is -3.82. The quantitative estimate of drug-likeness (QED) is 0.421. The molecule has 38 heavy (non-hydrogen) atoms. The minimum Gasteiger partial charge on any atom is -0.376 e. The Kier molecular flexibility index (Phi) is 6.33. The Balaban J connectivity index is 1.23. The smallest absolute Gasteiger partial charge is 0.251 e. The summed E-state index contributed by atoms with van der Waals surface area (Å²) in [7, 11) is -3.49. The number of anilines is 2. The molecule has 4 aromatic rings. The molecule has 0 fully saturated rings. The topological polar surface area (TPSA) is 101 Å². The first-order valence-corrected chi connectivity index (χ1v) is 14.4. The van der Waals surface area contributed by atoms with Gasteiger partial charge in [-0.05, 0) is 67.3 Å². The number of aromatic nitrogens is 2. The predicted octanol–water partition coefficient (Wildman–Crippen LogP) is 4.34. The van der Waals surface area contributed by atoms with Gasteiger partial charge in [-0.15, -0.1) is 0 Å². The number of nitrogens with zero attached hydrogens (tertiary/aromatic N) is 3. The molecule has 0 saturated heterocycles. The summed E-state index contributed by atoms with van der Waals surface area (Å²) in [5.74, 6) is 0.423. The van der Waals surface area contributed by atoms with Crippen LogP contribution in [0.25, 0.3) is 10.9 Å². The Bertz CT molecular complexity index is 1650. The maximum absolute atomic E-state index is 12.9. The van der Waals surface area contributed by atoms with Crippen molar-refractivity contribution in [3.63, 3.8) is 0 Å². The molecular formula is C29H28N4O4S. The van der Waals surface area contributed by atoms with Crippen molar-refractivity contribution in [3.05, 3.63) is 89.2 Å². The van der Waals surface area contributed by atoms with Crippen molar-refractivity contribution in [2.45, 2.75) is 43.9 Å². The molecule has 0 spiro atoms. The van der Waals surface area contributed by atoms with Gasteiger partial charge in [0.1, 0.15) is 5.82 Å². The average molecular weight is 529 g/mol. The van der Waals surface area contributed by atoms with E-state index in [4.69, 9.17) is 9.72 Å². The number of ether oxygens (including phenoxy) is 1. The zero-order chi connectivity index (χ0) is 26.3. The largest absolute Gasteiger partial charge is 0.376 e. The van der Waals surface area contributed by atoms with E-state index < -0.39 is 9.84 Å². The van der Waals surface area contributed by atoms with Crippen LogP contribution >= 0.6 is 0 Å². The first kappa shape index (κ1) is 24.5. The summed E-state index contributed by atoms with van der Waals surface area (Å²) in [6.45, 7) is 2.77. The van der Waals surface area contributed by atoms with Gasteiger partial charge in [0.2, 0.25) is 0 Å². The number of nitrogens with one attached hydrogen (secondary N) is 1. The summed E-state index contributed by atoms with van der Waals surface area (Å²) in [6, 6.07) is 19.4. The van der Waals surface area contributed by atoms with Gasteiger partial charge in [0, 0.05) is 28.9 Å². The molecule has 2 aromatic heterocycles. The number of fused-ring (bicyclic) bond motifs is 3. The fourth-order valence-corrected chi connectivity index (χ4v) is 6.54. The molecular weight excluding hydrogens is 500 g/mol. The fourth-order valence-electron chi connectivity index (χ4n) is 5.15. The molecule has 4 heterocycles. The molecule has 2 aromatic carbocycles. The number of hydrogen-bond acceptors (Lipinski definition) is 7. The SMILES string of the molecule is CC1CCc2ccccc2N1c1ccc2cnc(CNC(=O)c3ccc4c(c3)S(=O)(=O)CCOC4)cc2n1. The third-order valence-electron chi connectivity index (χ3n) is 7.23. The molecule has 194 valence electrons. The maximum atomic E-state index is 12.9. The highest BCUT2D eigenvalue weighted by atomic mass is 32.2. The Morgan fingerprint density at radius 1 is 1.11 bits per heavy atom. The molecule has 8 nitrogen and oxygen atoms in total.